The Bertz CT molecular complexity index is 939. The van der Waals surface area contributed by atoms with E-state index in [0.29, 0.717) is 17.8 Å². The monoisotopic (exact) mass is 395 g/mol. The summed E-state index contributed by atoms with van der Waals surface area (Å²) in [6.45, 7) is 4.73. The number of amides is 4. The van der Waals surface area contributed by atoms with Gasteiger partial charge in [-0.05, 0) is 6.08 Å². The predicted molar refractivity (Wildman–Crippen MR) is 105 cm³/mol. The predicted octanol–water partition coefficient (Wildman–Crippen LogP) is 0.632. The standard InChI is InChI=1S/C20H21N5O4/c26-18-16(19(27)22-20(28)21-18)12-15-13-25(7-6-24-8-10-29-11-9-24)23-17(15)14-4-2-1-3-5-14/h1-5,12-13H,6-11H2,(H2,21,22,26,27,28). The van der Waals surface area contributed by atoms with Crippen LogP contribution >= 0.6 is 0 Å². The molecule has 0 spiro atoms. The van der Waals surface area contributed by atoms with E-state index in [1.807, 2.05) is 41.2 Å². The van der Waals surface area contributed by atoms with Gasteiger partial charge in [0, 0.05) is 37.0 Å². The van der Waals surface area contributed by atoms with Crippen molar-refractivity contribution in [1.29, 1.82) is 0 Å². The molecule has 9 nitrogen and oxygen atoms in total. The largest absolute Gasteiger partial charge is 0.379 e. The lowest BCUT2D eigenvalue weighted by Gasteiger charge is -2.26. The van der Waals surface area contributed by atoms with Crippen molar-refractivity contribution in [2.24, 2.45) is 0 Å². The van der Waals surface area contributed by atoms with Gasteiger partial charge in [0.1, 0.15) is 5.57 Å². The fourth-order valence-corrected chi connectivity index (χ4v) is 3.31. The number of hydrogen-bond donors (Lipinski definition) is 2. The van der Waals surface area contributed by atoms with Crippen LogP contribution in [-0.4, -0.2) is 65.4 Å². The molecule has 9 heteroatoms. The Kier molecular flexibility index (Phi) is 5.50. The van der Waals surface area contributed by atoms with Crippen LogP contribution in [0.2, 0.25) is 0 Å². The number of carbonyl (C=O) groups is 3. The lowest BCUT2D eigenvalue weighted by atomic mass is 10.0. The quantitative estimate of drug-likeness (QED) is 0.568. The van der Waals surface area contributed by atoms with Crippen molar-refractivity contribution in [3.8, 4) is 11.3 Å². The van der Waals surface area contributed by atoms with Crippen molar-refractivity contribution in [3.05, 3.63) is 47.7 Å². The minimum atomic E-state index is -0.818. The highest BCUT2D eigenvalue weighted by atomic mass is 16.5. The number of nitrogens with one attached hydrogen (secondary N) is 2. The fourth-order valence-electron chi connectivity index (χ4n) is 3.31. The third-order valence-electron chi connectivity index (χ3n) is 4.83. The van der Waals surface area contributed by atoms with Crippen LogP contribution in [0.15, 0.2) is 42.1 Å². The highest BCUT2D eigenvalue weighted by Gasteiger charge is 2.28. The third kappa shape index (κ3) is 4.41. The van der Waals surface area contributed by atoms with Gasteiger partial charge in [-0.2, -0.15) is 5.10 Å². The van der Waals surface area contributed by atoms with Crippen LogP contribution in [0, 0.1) is 0 Å². The number of benzene rings is 1. The summed E-state index contributed by atoms with van der Waals surface area (Å²) >= 11 is 0. The average molecular weight is 395 g/mol. The van der Waals surface area contributed by atoms with E-state index in [9.17, 15) is 14.4 Å². The maximum absolute atomic E-state index is 12.1. The molecule has 1 aromatic carbocycles. The molecule has 2 saturated heterocycles. The van der Waals surface area contributed by atoms with Crippen molar-refractivity contribution in [2.75, 3.05) is 32.8 Å². The molecule has 0 unspecified atom stereocenters. The number of nitrogens with zero attached hydrogens (tertiary/aromatic N) is 3. The molecule has 2 aromatic rings. The van der Waals surface area contributed by atoms with E-state index >= 15 is 0 Å². The van der Waals surface area contributed by atoms with Gasteiger partial charge >= 0.3 is 6.03 Å². The Balaban J connectivity index is 1.63. The van der Waals surface area contributed by atoms with E-state index in [4.69, 9.17) is 4.74 Å². The van der Waals surface area contributed by atoms with Gasteiger partial charge in [0.15, 0.2) is 0 Å². The number of carbonyl (C=O) groups excluding carboxylic acids is 3. The van der Waals surface area contributed by atoms with Crippen molar-refractivity contribution in [2.45, 2.75) is 6.54 Å². The summed E-state index contributed by atoms with van der Waals surface area (Å²) in [6, 6.07) is 8.73. The zero-order valence-electron chi connectivity index (χ0n) is 15.8. The zero-order valence-corrected chi connectivity index (χ0v) is 15.8. The number of urea groups is 1. The number of imide groups is 2. The summed E-state index contributed by atoms with van der Waals surface area (Å²) in [5.74, 6) is -1.45. The Morgan fingerprint density at radius 3 is 2.38 bits per heavy atom. The molecule has 4 amide bonds. The van der Waals surface area contributed by atoms with Crippen LogP contribution < -0.4 is 10.6 Å². The molecule has 4 rings (SSSR count). The van der Waals surface area contributed by atoms with Crippen LogP contribution in [0.5, 0.6) is 0 Å². The molecule has 150 valence electrons. The molecule has 1 aromatic heterocycles. The zero-order chi connectivity index (χ0) is 20.2. The first-order chi connectivity index (χ1) is 14.1. The van der Waals surface area contributed by atoms with Gasteiger partial charge in [-0.15, -0.1) is 0 Å². The minimum Gasteiger partial charge on any atom is -0.379 e. The molecule has 2 N–H and O–H groups in total. The van der Waals surface area contributed by atoms with Crippen molar-refractivity contribution >= 4 is 23.9 Å². The maximum Gasteiger partial charge on any atom is 0.328 e. The smallest absolute Gasteiger partial charge is 0.328 e. The number of rotatable bonds is 5. The number of morpholine rings is 1. The number of ether oxygens (including phenoxy) is 1. The van der Waals surface area contributed by atoms with Gasteiger partial charge in [0.25, 0.3) is 11.8 Å². The van der Waals surface area contributed by atoms with E-state index in [0.717, 1.165) is 38.4 Å². The fraction of sp³-hybridized carbons (Fsp3) is 0.300. The number of aromatic nitrogens is 2. The summed E-state index contributed by atoms with van der Waals surface area (Å²) in [6.07, 6.45) is 3.28. The molecule has 0 radical (unpaired) electrons. The first-order valence-corrected chi connectivity index (χ1v) is 9.41. The molecule has 2 aliphatic heterocycles. The molecule has 2 aliphatic rings. The Hall–Kier alpha value is -3.30. The Labute approximate surface area is 167 Å². The van der Waals surface area contributed by atoms with Crippen LogP contribution in [0.4, 0.5) is 4.79 Å². The molecule has 0 saturated carbocycles. The molecule has 0 aliphatic carbocycles. The molecular weight excluding hydrogens is 374 g/mol. The van der Waals surface area contributed by atoms with Crippen LogP contribution in [0.1, 0.15) is 5.56 Å². The molecular formula is C20H21N5O4. The second kappa shape index (κ2) is 8.38. The average Bonchev–Trinajstić information content (AvgIpc) is 3.13. The normalized spacial score (nSPS) is 17.8. The first-order valence-electron chi connectivity index (χ1n) is 9.41. The summed E-state index contributed by atoms with van der Waals surface area (Å²) in [5, 5.41) is 8.86. The SMILES string of the molecule is O=C1NC(=O)C(=Cc2cn(CCN3CCOCC3)nc2-c2ccccc2)C(=O)N1. The lowest BCUT2D eigenvalue weighted by Crippen LogP contribution is -2.51. The van der Waals surface area contributed by atoms with E-state index in [1.54, 1.807) is 0 Å². The number of hydrogen-bond acceptors (Lipinski definition) is 6. The molecule has 0 bridgehead atoms. The van der Waals surface area contributed by atoms with Crippen LogP contribution in [-0.2, 0) is 20.9 Å². The highest BCUT2D eigenvalue weighted by molar-refractivity contribution is 6.31. The third-order valence-corrected chi connectivity index (χ3v) is 4.83. The van der Waals surface area contributed by atoms with E-state index in [1.165, 1.54) is 6.08 Å². The van der Waals surface area contributed by atoms with Crippen molar-refractivity contribution < 1.29 is 19.1 Å². The van der Waals surface area contributed by atoms with E-state index < -0.39 is 17.8 Å². The van der Waals surface area contributed by atoms with Crippen LogP contribution in [0.25, 0.3) is 17.3 Å². The van der Waals surface area contributed by atoms with Gasteiger partial charge < -0.3 is 4.74 Å². The molecule has 3 heterocycles. The summed E-state index contributed by atoms with van der Waals surface area (Å²) in [7, 11) is 0. The van der Waals surface area contributed by atoms with Gasteiger partial charge in [0.05, 0.1) is 25.5 Å². The van der Waals surface area contributed by atoms with Crippen LogP contribution in [0.3, 0.4) is 0 Å². The molecule has 2 fully saturated rings. The Morgan fingerprint density at radius 1 is 1.00 bits per heavy atom. The minimum absolute atomic E-state index is 0.130. The summed E-state index contributed by atoms with van der Waals surface area (Å²) in [4.78, 5) is 37.8. The van der Waals surface area contributed by atoms with Gasteiger partial charge in [-0.1, -0.05) is 30.3 Å². The maximum atomic E-state index is 12.1. The molecule has 29 heavy (non-hydrogen) atoms. The van der Waals surface area contributed by atoms with E-state index in [-0.39, 0.29) is 5.57 Å². The summed E-state index contributed by atoms with van der Waals surface area (Å²) < 4.78 is 7.19. The topological polar surface area (TPSA) is 106 Å². The van der Waals surface area contributed by atoms with Gasteiger partial charge in [-0.25, -0.2) is 4.79 Å². The second-order valence-electron chi connectivity index (χ2n) is 6.81. The highest BCUT2D eigenvalue weighted by Crippen LogP contribution is 2.24. The Morgan fingerprint density at radius 2 is 1.69 bits per heavy atom. The number of barbiturate groups is 1. The molecule has 0 atom stereocenters. The van der Waals surface area contributed by atoms with Crippen molar-refractivity contribution in [3.63, 3.8) is 0 Å². The first kappa shape index (κ1) is 19.0. The lowest BCUT2D eigenvalue weighted by molar-refractivity contribution is -0.123. The van der Waals surface area contributed by atoms with Gasteiger partial charge in [-0.3, -0.25) is 29.8 Å². The van der Waals surface area contributed by atoms with Gasteiger partial charge in [0.2, 0.25) is 0 Å². The summed E-state index contributed by atoms with van der Waals surface area (Å²) in [5.41, 5.74) is 2.04. The second-order valence-corrected chi connectivity index (χ2v) is 6.81. The van der Waals surface area contributed by atoms with Crippen molar-refractivity contribution in [1.82, 2.24) is 25.3 Å². The van der Waals surface area contributed by atoms with E-state index in [2.05, 4.69) is 20.6 Å².